The molecule has 1 unspecified atom stereocenters. The Morgan fingerprint density at radius 1 is 1.10 bits per heavy atom. The van der Waals surface area contributed by atoms with Crippen molar-refractivity contribution >= 4 is 5.78 Å². The maximum Gasteiger partial charge on any atom is 0.170 e. The summed E-state index contributed by atoms with van der Waals surface area (Å²) in [5, 5.41) is 0. The molecule has 20 heavy (non-hydrogen) atoms. The van der Waals surface area contributed by atoms with Crippen molar-refractivity contribution in [3.63, 3.8) is 0 Å². The van der Waals surface area contributed by atoms with Gasteiger partial charge in [-0.2, -0.15) is 0 Å². The van der Waals surface area contributed by atoms with Crippen LogP contribution in [0.15, 0.2) is 36.4 Å². The van der Waals surface area contributed by atoms with E-state index in [0.29, 0.717) is 17.7 Å². The predicted octanol–water partition coefficient (Wildman–Crippen LogP) is 4.15. The van der Waals surface area contributed by atoms with E-state index in [1.807, 2.05) is 26.0 Å². The molecule has 0 amide bonds. The van der Waals surface area contributed by atoms with Crippen molar-refractivity contribution in [2.45, 2.75) is 26.4 Å². The molecule has 0 saturated heterocycles. The highest BCUT2D eigenvalue weighted by molar-refractivity contribution is 6.00. The second-order valence-electron chi connectivity index (χ2n) is 5.30. The standard InChI is InChI=1S/C17H15FO2/c1-10-5-11(2)7-12(6-10)16-9-15(19)14-4-3-13(18)8-17(14)20-16/h3-8,16H,9H2,1-2H3. The highest BCUT2D eigenvalue weighted by atomic mass is 19.1. The lowest BCUT2D eigenvalue weighted by molar-refractivity contribution is 0.0849. The van der Waals surface area contributed by atoms with Gasteiger partial charge in [0.05, 0.1) is 12.0 Å². The summed E-state index contributed by atoms with van der Waals surface area (Å²) in [6, 6.07) is 10.1. The van der Waals surface area contributed by atoms with Crippen LogP contribution in [0.3, 0.4) is 0 Å². The largest absolute Gasteiger partial charge is 0.484 e. The lowest BCUT2D eigenvalue weighted by Gasteiger charge is -2.26. The molecule has 0 spiro atoms. The number of benzene rings is 2. The van der Waals surface area contributed by atoms with Crippen LogP contribution in [0.4, 0.5) is 4.39 Å². The van der Waals surface area contributed by atoms with Gasteiger partial charge in [-0.3, -0.25) is 4.79 Å². The van der Waals surface area contributed by atoms with Crippen LogP contribution < -0.4 is 4.74 Å². The van der Waals surface area contributed by atoms with E-state index in [4.69, 9.17) is 4.74 Å². The summed E-state index contributed by atoms with van der Waals surface area (Å²) in [5.41, 5.74) is 3.68. The van der Waals surface area contributed by atoms with Gasteiger partial charge in [0.2, 0.25) is 0 Å². The Morgan fingerprint density at radius 3 is 2.50 bits per heavy atom. The zero-order valence-corrected chi connectivity index (χ0v) is 11.4. The molecular weight excluding hydrogens is 255 g/mol. The Kier molecular flexibility index (Phi) is 3.05. The van der Waals surface area contributed by atoms with Gasteiger partial charge >= 0.3 is 0 Å². The fraction of sp³-hybridized carbons (Fsp3) is 0.235. The molecular formula is C17H15FO2. The van der Waals surface area contributed by atoms with Gasteiger partial charge in [0.15, 0.2) is 5.78 Å². The maximum atomic E-state index is 13.3. The number of hydrogen-bond donors (Lipinski definition) is 0. The third-order valence-electron chi connectivity index (χ3n) is 3.50. The molecule has 1 heterocycles. The first-order chi connectivity index (χ1) is 9.52. The molecule has 1 aliphatic rings. The molecule has 0 aliphatic carbocycles. The Morgan fingerprint density at radius 2 is 1.80 bits per heavy atom. The van der Waals surface area contributed by atoms with Gasteiger partial charge in [-0.1, -0.05) is 29.3 Å². The summed E-state index contributed by atoms with van der Waals surface area (Å²) >= 11 is 0. The molecule has 2 nitrogen and oxygen atoms in total. The number of ketones is 1. The zero-order chi connectivity index (χ0) is 14.3. The normalized spacial score (nSPS) is 17.6. The van der Waals surface area contributed by atoms with Gasteiger partial charge in [0, 0.05) is 6.07 Å². The molecule has 1 aliphatic heterocycles. The van der Waals surface area contributed by atoms with Gasteiger partial charge in [-0.25, -0.2) is 4.39 Å². The Labute approximate surface area is 117 Å². The zero-order valence-electron chi connectivity index (χ0n) is 11.4. The second-order valence-corrected chi connectivity index (χ2v) is 5.30. The molecule has 0 fully saturated rings. The number of carbonyl (C=O) groups excluding carboxylic acids is 1. The number of Topliss-reactive ketones (excluding diaryl/α,β-unsaturated/α-hetero) is 1. The number of carbonyl (C=O) groups is 1. The number of halogens is 1. The first kappa shape index (κ1) is 12.9. The molecule has 1 atom stereocenters. The van der Waals surface area contributed by atoms with Crippen LogP contribution >= 0.6 is 0 Å². The van der Waals surface area contributed by atoms with Crippen molar-refractivity contribution in [2.24, 2.45) is 0 Å². The summed E-state index contributed by atoms with van der Waals surface area (Å²) in [5.74, 6) is -0.0570. The molecule has 0 saturated carbocycles. The summed E-state index contributed by atoms with van der Waals surface area (Å²) in [7, 11) is 0. The van der Waals surface area contributed by atoms with Crippen LogP contribution in [-0.4, -0.2) is 5.78 Å². The molecule has 0 radical (unpaired) electrons. The number of hydrogen-bond acceptors (Lipinski definition) is 2. The number of aryl methyl sites for hydroxylation is 2. The van der Waals surface area contributed by atoms with Crippen LogP contribution in [0.5, 0.6) is 5.75 Å². The third kappa shape index (κ3) is 2.31. The molecule has 0 bridgehead atoms. The van der Waals surface area contributed by atoms with Crippen LogP contribution in [-0.2, 0) is 0 Å². The summed E-state index contributed by atoms with van der Waals surface area (Å²) in [6.07, 6.45) is -0.0444. The second kappa shape index (κ2) is 4.75. The van der Waals surface area contributed by atoms with E-state index in [1.54, 1.807) is 0 Å². The van der Waals surface area contributed by atoms with E-state index in [0.717, 1.165) is 16.7 Å². The molecule has 102 valence electrons. The van der Waals surface area contributed by atoms with Crippen molar-refractivity contribution in [3.8, 4) is 5.75 Å². The van der Waals surface area contributed by atoms with Crippen LogP contribution in [0.1, 0.15) is 39.6 Å². The van der Waals surface area contributed by atoms with Crippen LogP contribution in [0, 0.1) is 19.7 Å². The molecule has 2 aromatic rings. The molecule has 3 rings (SSSR count). The lowest BCUT2D eigenvalue weighted by Crippen LogP contribution is -2.20. The van der Waals surface area contributed by atoms with Crippen molar-refractivity contribution in [1.82, 2.24) is 0 Å². The molecule has 3 heteroatoms. The Hall–Kier alpha value is -2.16. The van der Waals surface area contributed by atoms with E-state index in [1.165, 1.54) is 18.2 Å². The van der Waals surface area contributed by atoms with Gasteiger partial charge in [-0.05, 0) is 31.5 Å². The first-order valence-electron chi connectivity index (χ1n) is 6.60. The number of ether oxygens (including phenoxy) is 1. The molecule has 2 aromatic carbocycles. The first-order valence-corrected chi connectivity index (χ1v) is 6.60. The van der Waals surface area contributed by atoms with Crippen molar-refractivity contribution < 1.29 is 13.9 Å². The van der Waals surface area contributed by atoms with Gasteiger partial charge < -0.3 is 4.74 Å². The van der Waals surface area contributed by atoms with E-state index >= 15 is 0 Å². The van der Waals surface area contributed by atoms with Crippen molar-refractivity contribution in [3.05, 3.63) is 64.5 Å². The highest BCUT2D eigenvalue weighted by Crippen LogP contribution is 2.35. The number of rotatable bonds is 1. The maximum absolute atomic E-state index is 13.3. The minimum atomic E-state index is -0.391. The predicted molar refractivity (Wildman–Crippen MR) is 74.6 cm³/mol. The van der Waals surface area contributed by atoms with Crippen molar-refractivity contribution in [1.29, 1.82) is 0 Å². The SMILES string of the molecule is Cc1cc(C)cc(C2CC(=O)c3ccc(F)cc3O2)c1. The van der Waals surface area contributed by atoms with E-state index in [9.17, 15) is 9.18 Å². The quantitative estimate of drug-likeness (QED) is 0.778. The highest BCUT2D eigenvalue weighted by Gasteiger charge is 2.28. The van der Waals surface area contributed by atoms with E-state index in [-0.39, 0.29) is 11.9 Å². The fourth-order valence-corrected chi connectivity index (χ4v) is 2.68. The van der Waals surface area contributed by atoms with Crippen LogP contribution in [0.2, 0.25) is 0 Å². The Bertz CT molecular complexity index is 671. The van der Waals surface area contributed by atoms with Gasteiger partial charge in [-0.15, -0.1) is 0 Å². The van der Waals surface area contributed by atoms with Crippen molar-refractivity contribution in [2.75, 3.05) is 0 Å². The minimum absolute atomic E-state index is 0.00425. The number of fused-ring (bicyclic) bond motifs is 1. The third-order valence-corrected chi connectivity index (χ3v) is 3.50. The van der Waals surface area contributed by atoms with E-state index < -0.39 is 5.82 Å². The summed E-state index contributed by atoms with van der Waals surface area (Å²) in [6.45, 7) is 4.02. The average molecular weight is 270 g/mol. The van der Waals surface area contributed by atoms with E-state index in [2.05, 4.69) is 6.07 Å². The van der Waals surface area contributed by atoms with Crippen LogP contribution in [0.25, 0.3) is 0 Å². The smallest absolute Gasteiger partial charge is 0.170 e. The Balaban J connectivity index is 2.00. The topological polar surface area (TPSA) is 26.3 Å². The summed E-state index contributed by atoms with van der Waals surface area (Å²) in [4.78, 5) is 12.1. The van der Waals surface area contributed by atoms with Gasteiger partial charge in [0.25, 0.3) is 0 Å². The lowest BCUT2D eigenvalue weighted by atomic mass is 9.94. The molecule has 0 N–H and O–H groups in total. The summed E-state index contributed by atoms with van der Waals surface area (Å²) < 4.78 is 19.1. The van der Waals surface area contributed by atoms with Gasteiger partial charge in [0.1, 0.15) is 17.7 Å². The minimum Gasteiger partial charge on any atom is -0.484 e. The monoisotopic (exact) mass is 270 g/mol. The average Bonchev–Trinajstić information content (AvgIpc) is 2.36. The fourth-order valence-electron chi connectivity index (χ4n) is 2.68. The molecule has 0 aromatic heterocycles.